The highest BCUT2D eigenvalue weighted by atomic mass is 32.2. The van der Waals surface area contributed by atoms with Crippen molar-refractivity contribution in [2.45, 2.75) is 63.6 Å². The van der Waals surface area contributed by atoms with E-state index in [-0.39, 0.29) is 11.2 Å². The molecule has 0 N–H and O–H groups in total. The van der Waals surface area contributed by atoms with Gasteiger partial charge in [-0.05, 0) is 36.6 Å². The predicted octanol–water partition coefficient (Wildman–Crippen LogP) is 5.83. The molecule has 0 amide bonds. The maximum absolute atomic E-state index is 6.03. The third-order valence-corrected chi connectivity index (χ3v) is 6.35. The van der Waals surface area contributed by atoms with E-state index in [1.807, 2.05) is 51.1 Å². The third-order valence-electron chi connectivity index (χ3n) is 5.28. The van der Waals surface area contributed by atoms with Gasteiger partial charge in [0.2, 0.25) is 5.89 Å². The normalized spacial score (nSPS) is 12.3. The van der Waals surface area contributed by atoms with Gasteiger partial charge in [0.05, 0.1) is 11.8 Å². The Balaban J connectivity index is 1.54. The Bertz CT molecular complexity index is 1160. The van der Waals surface area contributed by atoms with Crippen LogP contribution in [0.5, 0.6) is 5.75 Å². The Hall–Kier alpha value is -3.13. The summed E-state index contributed by atoms with van der Waals surface area (Å²) in [6, 6.07) is 18.4. The molecule has 0 aliphatic heterocycles. The van der Waals surface area contributed by atoms with Crippen molar-refractivity contribution in [1.82, 2.24) is 24.9 Å². The molecular formula is C25H29N5O2S. The maximum atomic E-state index is 6.03. The van der Waals surface area contributed by atoms with E-state index in [0.717, 1.165) is 23.2 Å². The van der Waals surface area contributed by atoms with E-state index in [2.05, 4.69) is 56.1 Å². The highest BCUT2D eigenvalue weighted by Gasteiger charge is 2.22. The van der Waals surface area contributed by atoms with Crippen LogP contribution in [0.15, 0.2) is 64.3 Å². The van der Waals surface area contributed by atoms with Crippen LogP contribution in [0.1, 0.15) is 67.5 Å². The van der Waals surface area contributed by atoms with Crippen molar-refractivity contribution in [3.63, 3.8) is 0 Å². The summed E-state index contributed by atoms with van der Waals surface area (Å²) >= 11 is 1.55. The Morgan fingerprint density at radius 1 is 0.970 bits per heavy atom. The lowest BCUT2D eigenvalue weighted by molar-refractivity contribution is 0.289. The standard InChI is InChI=1S/C25H29N5O2S/c1-5-19-11-13-21(14-12-19)31-16-22-27-28-25(30(22)15-20-9-7-6-8-10-20)33-18(4)24-26-23(17(2)3)29-32-24/h6-14,17-18H,5,15-16H2,1-4H3. The van der Waals surface area contributed by atoms with Gasteiger partial charge in [0.15, 0.2) is 16.8 Å². The van der Waals surface area contributed by atoms with Crippen LogP contribution in [-0.4, -0.2) is 24.9 Å². The van der Waals surface area contributed by atoms with E-state index in [1.54, 1.807) is 11.8 Å². The second-order valence-corrected chi connectivity index (χ2v) is 9.47. The monoisotopic (exact) mass is 463 g/mol. The van der Waals surface area contributed by atoms with Crippen molar-refractivity contribution in [1.29, 1.82) is 0 Å². The van der Waals surface area contributed by atoms with Gasteiger partial charge < -0.3 is 9.26 Å². The van der Waals surface area contributed by atoms with Crippen LogP contribution < -0.4 is 4.74 Å². The molecule has 1 unspecified atom stereocenters. The summed E-state index contributed by atoms with van der Waals surface area (Å²) in [6.45, 7) is 9.25. The topological polar surface area (TPSA) is 78.9 Å². The Kier molecular flexibility index (Phi) is 7.44. The SMILES string of the molecule is CCc1ccc(OCc2nnc(SC(C)c3nc(C(C)C)no3)n2Cc2ccccc2)cc1. The first-order valence-electron chi connectivity index (χ1n) is 11.2. The van der Waals surface area contributed by atoms with E-state index in [9.17, 15) is 0 Å². The minimum atomic E-state index is -0.0564. The molecule has 0 spiro atoms. The quantitative estimate of drug-likeness (QED) is 0.274. The number of aryl methyl sites for hydroxylation is 1. The van der Waals surface area contributed by atoms with Crippen LogP contribution in [0.25, 0.3) is 0 Å². The molecule has 0 saturated carbocycles. The number of ether oxygens (including phenoxy) is 1. The van der Waals surface area contributed by atoms with E-state index in [0.29, 0.717) is 24.9 Å². The number of hydrogen-bond donors (Lipinski definition) is 0. The Morgan fingerprint density at radius 2 is 1.73 bits per heavy atom. The Labute approximate surface area is 198 Å². The summed E-state index contributed by atoms with van der Waals surface area (Å²) in [5.41, 5.74) is 2.45. The molecule has 2 aromatic carbocycles. The van der Waals surface area contributed by atoms with E-state index >= 15 is 0 Å². The summed E-state index contributed by atoms with van der Waals surface area (Å²) in [4.78, 5) is 4.54. The molecule has 2 aromatic heterocycles. The van der Waals surface area contributed by atoms with Crippen molar-refractivity contribution < 1.29 is 9.26 Å². The van der Waals surface area contributed by atoms with Crippen LogP contribution in [0.4, 0.5) is 0 Å². The van der Waals surface area contributed by atoms with Crippen LogP contribution in [0.3, 0.4) is 0 Å². The fraction of sp³-hybridized carbons (Fsp3) is 0.360. The lowest BCUT2D eigenvalue weighted by atomic mass is 10.2. The summed E-state index contributed by atoms with van der Waals surface area (Å²) in [5, 5.41) is 13.7. The second kappa shape index (κ2) is 10.7. The van der Waals surface area contributed by atoms with Crippen molar-refractivity contribution >= 4 is 11.8 Å². The molecule has 0 fully saturated rings. The van der Waals surface area contributed by atoms with Gasteiger partial charge in [0.25, 0.3) is 0 Å². The summed E-state index contributed by atoms with van der Waals surface area (Å²) in [7, 11) is 0. The first kappa shape index (κ1) is 23.0. The van der Waals surface area contributed by atoms with Crippen molar-refractivity contribution in [2.75, 3.05) is 0 Å². The van der Waals surface area contributed by atoms with E-state index in [4.69, 9.17) is 9.26 Å². The summed E-state index contributed by atoms with van der Waals surface area (Å²) in [6.07, 6.45) is 1.00. The molecular weight excluding hydrogens is 434 g/mol. The van der Waals surface area contributed by atoms with E-state index < -0.39 is 0 Å². The van der Waals surface area contributed by atoms with Gasteiger partial charge in [0, 0.05) is 5.92 Å². The first-order valence-corrected chi connectivity index (χ1v) is 12.1. The van der Waals surface area contributed by atoms with Crippen LogP contribution in [0.2, 0.25) is 0 Å². The average molecular weight is 464 g/mol. The molecule has 4 rings (SSSR count). The summed E-state index contributed by atoms with van der Waals surface area (Å²) < 4.78 is 13.6. The van der Waals surface area contributed by atoms with Gasteiger partial charge in [-0.15, -0.1) is 10.2 Å². The number of rotatable bonds is 10. The van der Waals surface area contributed by atoms with Crippen molar-refractivity contribution in [3.8, 4) is 5.75 Å². The third kappa shape index (κ3) is 5.82. The fourth-order valence-corrected chi connectivity index (χ4v) is 4.16. The number of hydrogen-bond acceptors (Lipinski definition) is 7. The molecule has 2 heterocycles. The zero-order chi connectivity index (χ0) is 23.2. The molecule has 7 nitrogen and oxygen atoms in total. The first-order chi connectivity index (χ1) is 16.0. The molecule has 0 aliphatic rings. The number of thioether (sulfide) groups is 1. The smallest absolute Gasteiger partial charge is 0.239 e. The van der Waals surface area contributed by atoms with Crippen LogP contribution >= 0.6 is 11.8 Å². The van der Waals surface area contributed by atoms with E-state index in [1.165, 1.54) is 11.1 Å². The largest absolute Gasteiger partial charge is 0.486 e. The molecule has 33 heavy (non-hydrogen) atoms. The molecule has 8 heteroatoms. The molecule has 0 saturated heterocycles. The average Bonchev–Trinajstić information content (AvgIpc) is 3.47. The zero-order valence-corrected chi connectivity index (χ0v) is 20.2. The number of nitrogens with zero attached hydrogens (tertiary/aromatic N) is 5. The van der Waals surface area contributed by atoms with Crippen LogP contribution in [-0.2, 0) is 19.6 Å². The Morgan fingerprint density at radius 3 is 2.39 bits per heavy atom. The predicted molar refractivity (Wildman–Crippen MR) is 128 cm³/mol. The van der Waals surface area contributed by atoms with Gasteiger partial charge in [-0.2, -0.15) is 4.98 Å². The van der Waals surface area contributed by atoms with Gasteiger partial charge in [-0.3, -0.25) is 4.57 Å². The zero-order valence-electron chi connectivity index (χ0n) is 19.4. The molecule has 1 atom stereocenters. The minimum Gasteiger partial charge on any atom is -0.486 e. The highest BCUT2D eigenvalue weighted by molar-refractivity contribution is 7.99. The van der Waals surface area contributed by atoms with Gasteiger partial charge in [0.1, 0.15) is 12.4 Å². The maximum Gasteiger partial charge on any atom is 0.239 e. The highest BCUT2D eigenvalue weighted by Crippen LogP contribution is 2.34. The van der Waals surface area contributed by atoms with Crippen LogP contribution in [0, 0.1) is 0 Å². The molecule has 0 aliphatic carbocycles. The lowest BCUT2D eigenvalue weighted by Gasteiger charge is -2.13. The fourth-order valence-electron chi connectivity index (χ4n) is 3.26. The molecule has 0 radical (unpaired) electrons. The number of benzene rings is 2. The number of aromatic nitrogens is 5. The minimum absolute atomic E-state index is 0.0564. The second-order valence-electron chi connectivity index (χ2n) is 8.16. The van der Waals surface area contributed by atoms with Crippen molar-refractivity contribution in [2.24, 2.45) is 0 Å². The molecule has 172 valence electrons. The lowest BCUT2D eigenvalue weighted by Crippen LogP contribution is -2.10. The van der Waals surface area contributed by atoms with Crippen molar-refractivity contribution in [3.05, 3.63) is 83.3 Å². The molecule has 0 bridgehead atoms. The molecule has 4 aromatic rings. The van der Waals surface area contributed by atoms with Gasteiger partial charge in [-0.25, -0.2) is 0 Å². The summed E-state index contributed by atoms with van der Waals surface area (Å²) in [5.74, 6) is 3.10. The van der Waals surface area contributed by atoms with Gasteiger partial charge in [-0.1, -0.05) is 80.2 Å². The van der Waals surface area contributed by atoms with Gasteiger partial charge >= 0.3 is 0 Å².